The quantitative estimate of drug-likeness (QED) is 0.173. The fraction of sp³-hybridized carbons (Fsp3) is 0.172. The van der Waals surface area contributed by atoms with Gasteiger partial charge in [-0.05, 0) is 30.2 Å². The van der Waals surface area contributed by atoms with Crippen LogP contribution in [0.3, 0.4) is 0 Å². The van der Waals surface area contributed by atoms with Gasteiger partial charge in [-0.1, -0.05) is 66.2 Å². The molecule has 0 fully saturated rings. The maximum absolute atomic E-state index is 14.9. The van der Waals surface area contributed by atoms with Crippen molar-refractivity contribution in [2.24, 2.45) is 0 Å². The van der Waals surface area contributed by atoms with Gasteiger partial charge in [0, 0.05) is 22.8 Å². The lowest BCUT2D eigenvalue weighted by atomic mass is 10.0. The van der Waals surface area contributed by atoms with Crippen LogP contribution in [0.2, 0.25) is 5.02 Å². The zero-order valence-corrected chi connectivity index (χ0v) is 22.2. The van der Waals surface area contributed by atoms with E-state index in [0.29, 0.717) is 33.4 Å². The highest BCUT2D eigenvalue weighted by molar-refractivity contribution is 6.35. The van der Waals surface area contributed by atoms with E-state index in [1.54, 1.807) is 6.07 Å². The molecule has 5 aromatic rings. The maximum atomic E-state index is 14.9. The summed E-state index contributed by atoms with van der Waals surface area (Å²) in [4.78, 5) is 4.36. The number of aromatic nitrogens is 4. The Bertz CT molecular complexity index is 1740. The summed E-state index contributed by atoms with van der Waals surface area (Å²) in [7, 11) is 0. The average molecular weight is 580 g/mol. The van der Waals surface area contributed by atoms with Crippen LogP contribution in [0.4, 0.5) is 28.9 Å². The molecule has 0 aliphatic heterocycles. The number of fused-ring (bicyclic) bond motifs is 1. The van der Waals surface area contributed by atoms with Gasteiger partial charge < -0.3 is 10.6 Å². The van der Waals surface area contributed by atoms with Gasteiger partial charge in [-0.15, -0.1) is 5.10 Å². The molecule has 2 N–H and O–H groups in total. The van der Waals surface area contributed by atoms with Crippen LogP contribution in [0.5, 0.6) is 0 Å². The summed E-state index contributed by atoms with van der Waals surface area (Å²) in [5, 5.41) is 24.2. The summed E-state index contributed by atoms with van der Waals surface area (Å²) in [6.07, 6.45) is 3.07. The molecule has 0 radical (unpaired) electrons. The molecule has 0 aliphatic carbocycles. The van der Waals surface area contributed by atoms with E-state index in [0.717, 1.165) is 17.8 Å². The summed E-state index contributed by atoms with van der Waals surface area (Å²) >= 11 is 6.62. The number of nitriles is 1. The number of benzene rings is 3. The molecule has 7 nitrogen and oxygen atoms in total. The Morgan fingerprint density at radius 1 is 1.05 bits per heavy atom. The van der Waals surface area contributed by atoms with E-state index in [-0.39, 0.29) is 27.9 Å². The van der Waals surface area contributed by atoms with E-state index in [1.165, 1.54) is 24.4 Å². The van der Waals surface area contributed by atoms with E-state index in [4.69, 9.17) is 11.6 Å². The second-order valence-corrected chi connectivity index (χ2v) is 9.56. The Balaban J connectivity index is 1.63. The third-order valence-electron chi connectivity index (χ3n) is 6.60. The summed E-state index contributed by atoms with van der Waals surface area (Å²) in [6.45, 7) is -0.977. The van der Waals surface area contributed by atoms with Crippen LogP contribution >= 0.6 is 11.6 Å². The van der Waals surface area contributed by atoms with E-state index >= 15 is 0 Å². The fourth-order valence-electron chi connectivity index (χ4n) is 4.60. The number of pyridine rings is 1. The third-order valence-corrected chi connectivity index (χ3v) is 6.89. The number of rotatable bonds is 9. The minimum absolute atomic E-state index is 0.0802. The summed E-state index contributed by atoms with van der Waals surface area (Å²) in [5.41, 5.74) is 2.22. The number of alkyl halides is 2. The van der Waals surface area contributed by atoms with Crippen molar-refractivity contribution in [3.05, 3.63) is 112 Å². The zero-order valence-electron chi connectivity index (χ0n) is 21.5. The molecule has 12 heteroatoms. The van der Waals surface area contributed by atoms with Crippen molar-refractivity contribution in [2.75, 3.05) is 10.6 Å². The van der Waals surface area contributed by atoms with Crippen molar-refractivity contribution in [1.82, 2.24) is 20.0 Å². The summed E-state index contributed by atoms with van der Waals surface area (Å²) < 4.78 is 56.0. The van der Waals surface area contributed by atoms with Gasteiger partial charge in [-0.2, -0.15) is 18.7 Å². The molecule has 208 valence electrons. The summed E-state index contributed by atoms with van der Waals surface area (Å²) in [5.74, 6) is -2.29. The first kappa shape index (κ1) is 27.9. The van der Waals surface area contributed by atoms with E-state index in [2.05, 4.69) is 32.0 Å². The second-order valence-electron chi connectivity index (χ2n) is 9.15. The van der Waals surface area contributed by atoms with Gasteiger partial charge in [0.15, 0.2) is 11.6 Å². The van der Waals surface area contributed by atoms with Crippen LogP contribution in [0.1, 0.15) is 54.4 Å². The van der Waals surface area contributed by atoms with E-state index in [1.807, 2.05) is 37.3 Å². The second kappa shape index (κ2) is 11.8. The number of nitrogens with zero attached hydrogens (tertiary/aromatic N) is 5. The van der Waals surface area contributed by atoms with Gasteiger partial charge >= 0.3 is 6.55 Å². The first-order valence-corrected chi connectivity index (χ1v) is 12.9. The van der Waals surface area contributed by atoms with Crippen molar-refractivity contribution in [2.45, 2.75) is 32.0 Å². The third kappa shape index (κ3) is 5.64. The van der Waals surface area contributed by atoms with Crippen LogP contribution in [-0.4, -0.2) is 20.0 Å². The lowest BCUT2D eigenvalue weighted by molar-refractivity contribution is 0.0545. The van der Waals surface area contributed by atoms with E-state index < -0.39 is 24.2 Å². The normalized spacial score (nSPS) is 12.7. The van der Waals surface area contributed by atoms with Crippen molar-refractivity contribution in [1.29, 1.82) is 5.26 Å². The van der Waals surface area contributed by atoms with Gasteiger partial charge in [0.2, 0.25) is 0 Å². The Morgan fingerprint density at radius 3 is 2.51 bits per heavy atom. The van der Waals surface area contributed by atoms with Crippen LogP contribution < -0.4 is 10.6 Å². The van der Waals surface area contributed by atoms with Crippen molar-refractivity contribution >= 4 is 33.9 Å². The molecular formula is C29H22ClF4N7. The molecule has 41 heavy (non-hydrogen) atoms. The monoisotopic (exact) mass is 579 g/mol. The number of halogens is 5. The largest absolute Gasteiger partial charge is 0.377 e. The molecule has 5 rings (SSSR count). The Labute approximate surface area is 237 Å². The Kier molecular flexibility index (Phi) is 8.03. The summed E-state index contributed by atoms with van der Waals surface area (Å²) in [6, 6.07) is 17.2. The Morgan fingerprint density at radius 2 is 1.83 bits per heavy atom. The highest BCUT2D eigenvalue weighted by atomic mass is 35.5. The first-order chi connectivity index (χ1) is 19.8. The van der Waals surface area contributed by atoms with Crippen LogP contribution in [-0.2, 0) is 0 Å². The number of hydrogen-bond acceptors (Lipinski definition) is 6. The lowest BCUT2D eigenvalue weighted by Crippen LogP contribution is -2.16. The molecule has 2 atom stereocenters. The van der Waals surface area contributed by atoms with Crippen LogP contribution in [0.15, 0.2) is 73.1 Å². The van der Waals surface area contributed by atoms with Crippen molar-refractivity contribution < 1.29 is 17.6 Å². The van der Waals surface area contributed by atoms with Crippen LogP contribution in [0, 0.1) is 23.0 Å². The molecule has 0 aliphatic rings. The van der Waals surface area contributed by atoms with Gasteiger partial charge in [0.05, 0.1) is 34.0 Å². The molecule has 2 aromatic heterocycles. The highest BCUT2D eigenvalue weighted by Gasteiger charge is 2.25. The molecule has 2 heterocycles. The molecule has 0 saturated carbocycles. The molecule has 0 unspecified atom stereocenters. The average Bonchev–Trinajstić information content (AvgIpc) is 3.47. The maximum Gasteiger partial charge on any atom is 0.334 e. The van der Waals surface area contributed by atoms with E-state index in [9.17, 15) is 22.8 Å². The molecule has 0 spiro atoms. The van der Waals surface area contributed by atoms with Gasteiger partial charge in [-0.25, -0.2) is 8.78 Å². The smallest absolute Gasteiger partial charge is 0.334 e. The molecule has 0 bridgehead atoms. The molecule has 3 aromatic carbocycles. The lowest BCUT2D eigenvalue weighted by Gasteiger charge is -2.23. The topological polar surface area (TPSA) is 91.5 Å². The van der Waals surface area contributed by atoms with Crippen molar-refractivity contribution in [3.63, 3.8) is 0 Å². The fourth-order valence-corrected chi connectivity index (χ4v) is 4.87. The van der Waals surface area contributed by atoms with Crippen molar-refractivity contribution in [3.8, 4) is 6.07 Å². The number of anilines is 2. The van der Waals surface area contributed by atoms with Gasteiger partial charge in [0.25, 0.3) is 0 Å². The molecule has 0 amide bonds. The standard InChI is InChI=1S/C29H22ClF4N7/c1-2-23(16-7-4-3-5-8-16)38-26-17(13-35)14-36-27-20(26)11-18(12-21(27)30)37-28(19-9-6-10-22(31)25(19)32)24-15-41(29(33)34)40-39-24/h3-12,14-15,23,28-29,37H,2H2,1H3,(H,36,38)/t23-,28+/m1/s1. The number of nitrogens with one attached hydrogen (secondary N) is 2. The first-order valence-electron chi connectivity index (χ1n) is 12.5. The predicted octanol–water partition coefficient (Wildman–Crippen LogP) is 7.79. The number of hydrogen-bond donors (Lipinski definition) is 2. The predicted molar refractivity (Wildman–Crippen MR) is 148 cm³/mol. The zero-order chi connectivity index (χ0) is 29.1. The Hall–Kier alpha value is -4.69. The minimum atomic E-state index is -2.98. The highest BCUT2D eigenvalue weighted by Crippen LogP contribution is 2.37. The SMILES string of the molecule is CC[C@@H](Nc1c(C#N)cnc2c(Cl)cc(N[C@H](c3cn(C(F)F)nn3)c3cccc(F)c3F)cc12)c1ccccc1. The molecule has 0 saturated heterocycles. The minimum Gasteiger partial charge on any atom is -0.377 e. The van der Waals surface area contributed by atoms with Gasteiger partial charge in [-0.3, -0.25) is 4.98 Å². The van der Waals surface area contributed by atoms with Crippen LogP contribution in [0.25, 0.3) is 10.9 Å². The van der Waals surface area contributed by atoms with Gasteiger partial charge in [0.1, 0.15) is 17.8 Å². The molecular weight excluding hydrogens is 558 g/mol.